The van der Waals surface area contributed by atoms with Crippen LogP contribution in [0, 0.1) is 5.92 Å². The molecule has 6 nitrogen and oxygen atoms in total. The molecule has 0 bridgehead atoms. The fourth-order valence-electron chi connectivity index (χ4n) is 2.49. The van der Waals surface area contributed by atoms with Crippen LogP contribution in [-0.2, 0) is 10.3 Å². The Morgan fingerprint density at radius 3 is 3.11 bits per heavy atom. The summed E-state index contributed by atoms with van der Waals surface area (Å²) < 4.78 is 9.95. The highest BCUT2D eigenvalue weighted by atomic mass is 16.5. The summed E-state index contributed by atoms with van der Waals surface area (Å²) in [6.07, 6.45) is 3.81. The molecular weight excluding hydrogens is 234 g/mol. The maximum atomic E-state index is 11.5. The molecule has 1 fully saturated rings. The number of rotatable bonds is 3. The smallest absolute Gasteiger partial charge is 0.379 e. The highest BCUT2D eigenvalue weighted by Gasteiger charge is 2.38. The van der Waals surface area contributed by atoms with E-state index in [1.54, 1.807) is 6.92 Å². The van der Waals surface area contributed by atoms with Gasteiger partial charge in [-0.2, -0.15) is 4.98 Å². The highest BCUT2D eigenvalue weighted by molar-refractivity contribution is 5.84. The number of ether oxygens (including phenoxy) is 1. The molecule has 1 aromatic heterocycles. The number of hydrogen-bond acceptors (Lipinski definition) is 6. The van der Waals surface area contributed by atoms with Crippen molar-refractivity contribution in [2.24, 2.45) is 11.7 Å². The summed E-state index contributed by atoms with van der Waals surface area (Å²) >= 11 is 0. The van der Waals surface area contributed by atoms with Gasteiger partial charge in [0, 0.05) is 0 Å². The fraction of sp³-hybridized carbons (Fsp3) is 0.750. The van der Waals surface area contributed by atoms with E-state index >= 15 is 0 Å². The van der Waals surface area contributed by atoms with E-state index in [4.69, 9.17) is 15.0 Å². The minimum atomic E-state index is -0.602. The third-order valence-electron chi connectivity index (χ3n) is 3.34. The summed E-state index contributed by atoms with van der Waals surface area (Å²) in [4.78, 5) is 15.5. The molecule has 1 aliphatic carbocycles. The van der Waals surface area contributed by atoms with E-state index in [-0.39, 0.29) is 12.4 Å². The average molecular weight is 253 g/mol. The van der Waals surface area contributed by atoms with E-state index in [1.807, 2.05) is 0 Å². The van der Waals surface area contributed by atoms with Crippen molar-refractivity contribution in [3.05, 3.63) is 11.7 Å². The highest BCUT2D eigenvalue weighted by Crippen LogP contribution is 2.36. The molecule has 2 atom stereocenters. The van der Waals surface area contributed by atoms with Crippen LogP contribution in [0.1, 0.15) is 56.0 Å². The Labute approximate surface area is 106 Å². The van der Waals surface area contributed by atoms with Crippen LogP contribution in [-0.4, -0.2) is 22.7 Å². The topological polar surface area (TPSA) is 91.2 Å². The second-order valence-electron chi connectivity index (χ2n) is 5.00. The van der Waals surface area contributed by atoms with Crippen molar-refractivity contribution in [3.63, 3.8) is 0 Å². The fourth-order valence-corrected chi connectivity index (χ4v) is 2.49. The summed E-state index contributed by atoms with van der Waals surface area (Å²) in [5.41, 5.74) is 5.71. The van der Waals surface area contributed by atoms with Crippen molar-refractivity contribution in [1.82, 2.24) is 10.1 Å². The Kier molecular flexibility index (Phi) is 3.65. The van der Waals surface area contributed by atoms with Crippen molar-refractivity contribution in [3.8, 4) is 0 Å². The second kappa shape index (κ2) is 5.06. The molecule has 0 aromatic carbocycles. The van der Waals surface area contributed by atoms with E-state index in [0.717, 1.165) is 25.7 Å². The lowest BCUT2D eigenvalue weighted by molar-refractivity contribution is 0.0508. The first-order chi connectivity index (χ1) is 8.55. The molecule has 1 saturated carbocycles. The minimum absolute atomic E-state index is 0.0464. The van der Waals surface area contributed by atoms with Gasteiger partial charge in [0.1, 0.15) is 0 Å². The molecular formula is C12H19N3O3. The third kappa shape index (κ3) is 2.53. The van der Waals surface area contributed by atoms with Gasteiger partial charge in [0.05, 0.1) is 12.1 Å². The van der Waals surface area contributed by atoms with Crippen LogP contribution >= 0.6 is 0 Å². The van der Waals surface area contributed by atoms with Gasteiger partial charge in [0.25, 0.3) is 5.82 Å². The van der Waals surface area contributed by atoms with Gasteiger partial charge in [-0.25, -0.2) is 4.79 Å². The minimum Gasteiger partial charge on any atom is -0.460 e. The van der Waals surface area contributed by atoms with Gasteiger partial charge in [-0.1, -0.05) is 19.8 Å². The Balaban J connectivity index is 2.16. The monoisotopic (exact) mass is 253 g/mol. The van der Waals surface area contributed by atoms with Gasteiger partial charge < -0.3 is 15.0 Å². The first kappa shape index (κ1) is 13.0. The van der Waals surface area contributed by atoms with Gasteiger partial charge in [-0.05, 0) is 30.8 Å². The van der Waals surface area contributed by atoms with Gasteiger partial charge >= 0.3 is 5.97 Å². The molecule has 2 rings (SSSR count). The molecule has 0 spiro atoms. The Morgan fingerprint density at radius 2 is 2.44 bits per heavy atom. The van der Waals surface area contributed by atoms with E-state index in [9.17, 15) is 4.79 Å². The standard InChI is InChI=1S/C12H19N3O3/c1-3-17-10(16)9-14-11(18-15-9)12(13)6-4-5-8(2)7-12/h8H,3-7,13H2,1-2H3. The normalized spacial score (nSPS) is 28.1. The maximum absolute atomic E-state index is 11.5. The molecule has 1 aromatic rings. The molecule has 0 amide bonds. The maximum Gasteiger partial charge on any atom is 0.379 e. The van der Waals surface area contributed by atoms with E-state index in [1.165, 1.54) is 0 Å². The third-order valence-corrected chi connectivity index (χ3v) is 3.34. The molecule has 2 unspecified atom stereocenters. The van der Waals surface area contributed by atoms with E-state index < -0.39 is 11.5 Å². The Morgan fingerprint density at radius 1 is 1.67 bits per heavy atom. The van der Waals surface area contributed by atoms with Gasteiger partial charge in [-0.3, -0.25) is 0 Å². The zero-order valence-corrected chi connectivity index (χ0v) is 10.8. The zero-order chi connectivity index (χ0) is 13.2. The van der Waals surface area contributed by atoms with E-state index in [0.29, 0.717) is 11.8 Å². The number of nitrogens with zero attached hydrogens (tertiary/aromatic N) is 2. The first-order valence-electron chi connectivity index (χ1n) is 6.35. The SMILES string of the molecule is CCOC(=O)c1noc(C2(N)CCCC(C)C2)n1. The van der Waals surface area contributed by atoms with Gasteiger partial charge in [0.15, 0.2) is 0 Å². The van der Waals surface area contributed by atoms with E-state index in [2.05, 4.69) is 17.1 Å². The van der Waals surface area contributed by atoms with Crippen LogP contribution in [0.2, 0.25) is 0 Å². The number of carbonyl (C=O) groups excluding carboxylic acids is 1. The largest absolute Gasteiger partial charge is 0.460 e. The van der Waals surface area contributed by atoms with Crippen LogP contribution in [0.25, 0.3) is 0 Å². The summed E-state index contributed by atoms with van der Waals surface area (Å²) in [5, 5.41) is 3.64. The molecule has 1 aliphatic rings. The van der Waals surface area contributed by atoms with Crippen molar-refractivity contribution in [2.45, 2.75) is 45.1 Å². The van der Waals surface area contributed by atoms with Crippen molar-refractivity contribution < 1.29 is 14.1 Å². The van der Waals surface area contributed by atoms with Crippen molar-refractivity contribution >= 4 is 5.97 Å². The molecule has 6 heteroatoms. The summed E-state index contributed by atoms with van der Waals surface area (Å²) in [5.74, 6) is 0.258. The number of aromatic nitrogens is 2. The van der Waals surface area contributed by atoms with Crippen molar-refractivity contribution in [1.29, 1.82) is 0 Å². The molecule has 1 heterocycles. The van der Waals surface area contributed by atoms with Crippen LogP contribution in [0.5, 0.6) is 0 Å². The predicted octanol–water partition coefficient (Wildman–Crippen LogP) is 1.61. The number of esters is 1. The van der Waals surface area contributed by atoms with Gasteiger partial charge in [-0.15, -0.1) is 0 Å². The first-order valence-corrected chi connectivity index (χ1v) is 6.35. The molecule has 0 radical (unpaired) electrons. The Bertz CT molecular complexity index is 432. The van der Waals surface area contributed by atoms with Crippen LogP contribution in [0.3, 0.4) is 0 Å². The quantitative estimate of drug-likeness (QED) is 0.823. The van der Waals surface area contributed by atoms with Crippen molar-refractivity contribution in [2.75, 3.05) is 6.61 Å². The number of carbonyl (C=O) groups is 1. The van der Waals surface area contributed by atoms with Crippen LogP contribution in [0.4, 0.5) is 0 Å². The second-order valence-corrected chi connectivity index (χ2v) is 5.00. The summed E-state index contributed by atoms with van der Waals surface area (Å²) in [6.45, 7) is 4.17. The molecule has 18 heavy (non-hydrogen) atoms. The molecule has 100 valence electrons. The lowest BCUT2D eigenvalue weighted by Crippen LogP contribution is -2.41. The zero-order valence-electron chi connectivity index (χ0n) is 10.8. The molecule has 0 saturated heterocycles. The van der Waals surface area contributed by atoms with Gasteiger partial charge in [0.2, 0.25) is 5.89 Å². The summed E-state index contributed by atoms with van der Waals surface area (Å²) in [7, 11) is 0. The number of hydrogen-bond donors (Lipinski definition) is 1. The Hall–Kier alpha value is -1.43. The van der Waals surface area contributed by atoms with Crippen LogP contribution in [0.15, 0.2) is 4.52 Å². The summed E-state index contributed by atoms with van der Waals surface area (Å²) in [6, 6.07) is 0. The lowest BCUT2D eigenvalue weighted by Gasteiger charge is -2.33. The van der Waals surface area contributed by atoms with Crippen LogP contribution < -0.4 is 5.73 Å². The molecule has 2 N–H and O–H groups in total. The average Bonchev–Trinajstić information content (AvgIpc) is 2.79. The number of nitrogens with two attached hydrogens (primary N) is 1. The lowest BCUT2D eigenvalue weighted by atomic mass is 9.77. The molecule has 0 aliphatic heterocycles. The predicted molar refractivity (Wildman–Crippen MR) is 63.8 cm³/mol.